The molecule has 7 heteroatoms. The van der Waals surface area contributed by atoms with Crippen molar-refractivity contribution in [3.8, 4) is 6.07 Å². The molecule has 0 amide bonds. The van der Waals surface area contributed by atoms with Gasteiger partial charge in [0.15, 0.2) is 0 Å². The van der Waals surface area contributed by atoms with Crippen LogP contribution in [0.5, 0.6) is 0 Å². The average molecular weight is 310 g/mol. The first-order valence-electron chi connectivity index (χ1n) is 6.77. The summed E-state index contributed by atoms with van der Waals surface area (Å²) in [5.41, 5.74) is 6.12. The van der Waals surface area contributed by atoms with Gasteiger partial charge in [-0.15, -0.1) is 0 Å². The molecule has 1 aromatic carbocycles. The molecule has 21 heavy (non-hydrogen) atoms. The Bertz CT molecular complexity index is 620. The highest BCUT2D eigenvalue weighted by Gasteiger charge is 2.17. The molecule has 0 unspecified atom stereocenters. The monoisotopic (exact) mass is 310 g/mol. The van der Waals surface area contributed by atoms with Crippen LogP contribution in [-0.4, -0.2) is 39.5 Å². The molecule has 0 heterocycles. The summed E-state index contributed by atoms with van der Waals surface area (Å²) in [5, 5.41) is 8.75. The number of nitrogens with one attached hydrogen (secondary N) is 1. The number of benzene rings is 1. The number of rotatable bonds is 7. The van der Waals surface area contributed by atoms with Crippen molar-refractivity contribution in [3.63, 3.8) is 0 Å². The molecule has 0 spiro atoms. The van der Waals surface area contributed by atoms with Gasteiger partial charge in [0.2, 0.25) is 10.0 Å². The summed E-state index contributed by atoms with van der Waals surface area (Å²) in [6.45, 7) is 5.32. The minimum Gasteiger partial charge on any atom is -0.398 e. The summed E-state index contributed by atoms with van der Waals surface area (Å²) in [6, 6.07) is 6.51. The van der Waals surface area contributed by atoms with Crippen LogP contribution in [0.2, 0.25) is 0 Å². The first kappa shape index (κ1) is 17.4. The van der Waals surface area contributed by atoms with Crippen LogP contribution in [-0.2, 0) is 10.0 Å². The smallest absolute Gasteiger partial charge is 0.242 e. The molecule has 0 fully saturated rings. The highest BCUT2D eigenvalue weighted by atomic mass is 32.2. The topological polar surface area (TPSA) is 99.2 Å². The van der Waals surface area contributed by atoms with E-state index in [1.165, 1.54) is 18.2 Å². The van der Waals surface area contributed by atoms with Crippen molar-refractivity contribution in [1.82, 2.24) is 9.62 Å². The van der Waals surface area contributed by atoms with Gasteiger partial charge in [0, 0.05) is 12.6 Å². The Morgan fingerprint density at radius 1 is 1.43 bits per heavy atom. The molecular weight excluding hydrogens is 288 g/mol. The molecule has 0 aliphatic heterocycles. The van der Waals surface area contributed by atoms with Crippen LogP contribution in [0.3, 0.4) is 0 Å². The quantitative estimate of drug-likeness (QED) is 0.581. The zero-order valence-electron chi connectivity index (χ0n) is 12.6. The van der Waals surface area contributed by atoms with Crippen LogP contribution < -0.4 is 10.5 Å². The molecule has 0 saturated heterocycles. The fourth-order valence-corrected chi connectivity index (χ4v) is 2.92. The van der Waals surface area contributed by atoms with Crippen LogP contribution in [0.15, 0.2) is 23.1 Å². The largest absolute Gasteiger partial charge is 0.398 e. The Morgan fingerprint density at radius 2 is 2.10 bits per heavy atom. The SMILES string of the molecule is CC(C)N(C)CCCNS(=O)(=O)c1ccc(C#N)cc1N. The van der Waals surface area contributed by atoms with E-state index in [1.54, 1.807) is 0 Å². The molecular formula is C14H22N4O2S. The standard InChI is InChI=1S/C14H22N4O2S/c1-11(2)18(3)8-4-7-17-21(19,20)14-6-5-12(10-15)9-13(14)16/h5-6,9,11,17H,4,7-8,16H2,1-3H3. The van der Waals surface area contributed by atoms with E-state index in [1.807, 2.05) is 13.1 Å². The number of hydrogen-bond donors (Lipinski definition) is 2. The van der Waals surface area contributed by atoms with E-state index >= 15 is 0 Å². The van der Waals surface area contributed by atoms with Crippen LogP contribution >= 0.6 is 0 Å². The van der Waals surface area contributed by atoms with E-state index in [-0.39, 0.29) is 10.6 Å². The van der Waals surface area contributed by atoms with Gasteiger partial charge in [0.25, 0.3) is 0 Å². The Morgan fingerprint density at radius 3 is 2.62 bits per heavy atom. The zero-order valence-corrected chi connectivity index (χ0v) is 13.4. The maximum Gasteiger partial charge on any atom is 0.242 e. The number of sulfonamides is 1. The minimum absolute atomic E-state index is 0.0127. The lowest BCUT2D eigenvalue weighted by molar-refractivity contribution is 0.271. The summed E-state index contributed by atoms with van der Waals surface area (Å²) >= 11 is 0. The Hall–Kier alpha value is -1.62. The molecule has 1 rings (SSSR count). The lowest BCUT2D eigenvalue weighted by Gasteiger charge is -2.20. The van der Waals surface area contributed by atoms with Crippen molar-refractivity contribution < 1.29 is 8.42 Å². The van der Waals surface area contributed by atoms with Gasteiger partial charge in [0.05, 0.1) is 17.3 Å². The highest BCUT2D eigenvalue weighted by Crippen LogP contribution is 2.19. The number of anilines is 1. The van der Waals surface area contributed by atoms with Crippen molar-refractivity contribution >= 4 is 15.7 Å². The maximum atomic E-state index is 12.1. The van der Waals surface area contributed by atoms with E-state index in [0.717, 1.165) is 6.54 Å². The fourth-order valence-electron chi connectivity index (χ4n) is 1.73. The number of nitrogens with zero attached hydrogens (tertiary/aromatic N) is 2. The first-order chi connectivity index (χ1) is 9.77. The van der Waals surface area contributed by atoms with Crippen molar-refractivity contribution in [1.29, 1.82) is 5.26 Å². The third kappa shape index (κ3) is 5.01. The first-order valence-corrected chi connectivity index (χ1v) is 8.25. The summed E-state index contributed by atoms with van der Waals surface area (Å²) in [7, 11) is -1.64. The lowest BCUT2D eigenvalue weighted by Crippen LogP contribution is -2.31. The van der Waals surface area contributed by atoms with Gasteiger partial charge in [-0.3, -0.25) is 0 Å². The molecule has 1 aromatic rings. The minimum atomic E-state index is -3.64. The number of nitrogen functional groups attached to an aromatic ring is 1. The van der Waals surface area contributed by atoms with Crippen molar-refractivity contribution in [2.75, 3.05) is 25.9 Å². The van der Waals surface area contributed by atoms with Crippen molar-refractivity contribution in [3.05, 3.63) is 23.8 Å². The van der Waals surface area contributed by atoms with E-state index in [9.17, 15) is 8.42 Å². The average Bonchev–Trinajstić information content (AvgIpc) is 2.42. The summed E-state index contributed by atoms with van der Waals surface area (Å²) in [6.07, 6.45) is 0.712. The van der Waals surface area contributed by atoms with Crippen LogP contribution in [0, 0.1) is 11.3 Å². The molecule has 0 aromatic heterocycles. The molecule has 6 nitrogen and oxygen atoms in total. The molecule has 0 aliphatic carbocycles. The number of hydrogen-bond acceptors (Lipinski definition) is 5. The number of nitriles is 1. The van der Waals surface area contributed by atoms with Crippen molar-refractivity contribution in [2.24, 2.45) is 0 Å². The normalized spacial score (nSPS) is 11.8. The molecule has 0 aliphatic rings. The highest BCUT2D eigenvalue weighted by molar-refractivity contribution is 7.89. The predicted molar refractivity (Wildman–Crippen MR) is 83.1 cm³/mol. The van der Waals surface area contributed by atoms with Gasteiger partial charge in [-0.1, -0.05) is 0 Å². The Kier molecular flexibility index (Phi) is 6.15. The van der Waals surface area contributed by atoms with Gasteiger partial charge >= 0.3 is 0 Å². The molecule has 3 N–H and O–H groups in total. The third-order valence-electron chi connectivity index (χ3n) is 3.29. The molecule has 0 atom stereocenters. The molecule has 0 saturated carbocycles. The predicted octanol–water partition coefficient (Wildman–Crippen LogP) is 1.15. The summed E-state index contributed by atoms with van der Waals surface area (Å²) in [5.74, 6) is 0. The van der Waals surface area contributed by atoms with Crippen LogP contribution in [0.25, 0.3) is 0 Å². The Balaban J connectivity index is 2.64. The van der Waals surface area contributed by atoms with Crippen LogP contribution in [0.1, 0.15) is 25.8 Å². The van der Waals surface area contributed by atoms with E-state index in [0.29, 0.717) is 24.6 Å². The van der Waals surface area contributed by atoms with Crippen LogP contribution in [0.4, 0.5) is 5.69 Å². The third-order valence-corrected chi connectivity index (χ3v) is 4.82. The van der Waals surface area contributed by atoms with Gasteiger partial charge in [0.1, 0.15) is 4.90 Å². The zero-order chi connectivity index (χ0) is 16.0. The van der Waals surface area contributed by atoms with Crippen molar-refractivity contribution in [2.45, 2.75) is 31.2 Å². The second kappa shape index (κ2) is 7.41. The lowest BCUT2D eigenvalue weighted by atomic mass is 10.2. The second-order valence-corrected chi connectivity index (χ2v) is 6.93. The molecule has 0 radical (unpaired) electrons. The summed E-state index contributed by atoms with van der Waals surface area (Å²) in [4.78, 5) is 2.16. The molecule has 116 valence electrons. The van der Waals surface area contributed by atoms with E-state index in [4.69, 9.17) is 11.0 Å². The van der Waals surface area contributed by atoms with E-state index in [2.05, 4.69) is 23.5 Å². The number of nitrogens with two attached hydrogens (primary N) is 1. The van der Waals surface area contributed by atoms with Gasteiger partial charge < -0.3 is 10.6 Å². The Labute approximate surface area is 126 Å². The van der Waals surface area contributed by atoms with E-state index < -0.39 is 10.0 Å². The fraction of sp³-hybridized carbons (Fsp3) is 0.500. The van der Waals surface area contributed by atoms with Gasteiger partial charge in [-0.05, 0) is 52.1 Å². The summed E-state index contributed by atoms with van der Waals surface area (Å²) < 4.78 is 26.8. The maximum absolute atomic E-state index is 12.1. The molecule has 0 bridgehead atoms. The second-order valence-electron chi connectivity index (χ2n) is 5.19. The van der Waals surface area contributed by atoms with Gasteiger partial charge in [-0.25, -0.2) is 13.1 Å². The van der Waals surface area contributed by atoms with Gasteiger partial charge in [-0.2, -0.15) is 5.26 Å².